The van der Waals surface area contributed by atoms with Crippen molar-refractivity contribution in [2.24, 2.45) is 0 Å². The molecule has 1 radical (unpaired) electrons. The molecule has 2 rings (SSSR count). The first-order chi connectivity index (χ1) is 17.3. The number of halogens is 4. The number of unbranched alkanes of at least 4 members (excludes halogenated alkanes) is 9. The number of carbonyl (C=O) groups is 1. The van der Waals surface area contributed by atoms with Crippen molar-refractivity contribution in [3.8, 4) is 5.75 Å². The summed E-state index contributed by atoms with van der Waals surface area (Å²) in [5.74, 6) is -0.340. The Hall–Kier alpha value is -2.06. The third-order valence-corrected chi connectivity index (χ3v) is 6.60. The van der Waals surface area contributed by atoms with E-state index in [1.807, 2.05) is 6.07 Å². The molecule has 8 heteroatoms. The van der Waals surface area contributed by atoms with Crippen LogP contribution in [0.4, 0.5) is 13.2 Å². The third kappa shape index (κ3) is 12.8. The highest BCUT2D eigenvalue weighted by Crippen LogP contribution is 2.23. The molecule has 199 valence electrons. The first-order valence-corrected chi connectivity index (χ1v) is 13.6. The predicted molar refractivity (Wildman–Crippen MR) is 141 cm³/mol. The molecular formula is C28H37BrF3N2O2. The zero-order valence-corrected chi connectivity index (χ0v) is 22.6. The van der Waals surface area contributed by atoms with Crippen molar-refractivity contribution in [3.63, 3.8) is 0 Å². The van der Waals surface area contributed by atoms with Crippen molar-refractivity contribution >= 4 is 21.8 Å². The van der Waals surface area contributed by atoms with Gasteiger partial charge >= 0.3 is 6.36 Å². The van der Waals surface area contributed by atoms with Gasteiger partial charge in [-0.3, -0.25) is 4.79 Å². The number of benzene rings is 2. The molecule has 1 N–H and O–H groups in total. The summed E-state index contributed by atoms with van der Waals surface area (Å²) in [6.45, 7) is 3.69. The molecule has 1 amide bonds. The van der Waals surface area contributed by atoms with Gasteiger partial charge in [-0.15, -0.1) is 13.2 Å². The Bertz CT molecular complexity index is 905. The van der Waals surface area contributed by atoms with E-state index in [1.165, 1.54) is 63.5 Å². The maximum atomic E-state index is 12.4. The highest BCUT2D eigenvalue weighted by atomic mass is 79.9. The summed E-state index contributed by atoms with van der Waals surface area (Å²) in [6, 6.07) is 11.1. The molecule has 0 aliphatic carbocycles. The van der Waals surface area contributed by atoms with E-state index >= 15 is 0 Å². The number of nitrogens with one attached hydrogen (secondary N) is 1. The maximum Gasteiger partial charge on any atom is 0.573 e. The Balaban J connectivity index is 1.63. The highest BCUT2D eigenvalue weighted by Gasteiger charge is 2.30. The SMILES string of the molecule is CCCCCCCCCCCCNC(=O)c1ccc(C[N]Cc2ccc(OC(F)(F)F)cc2)c(Br)c1. The minimum atomic E-state index is -4.70. The van der Waals surface area contributed by atoms with Gasteiger partial charge in [0.25, 0.3) is 5.91 Å². The van der Waals surface area contributed by atoms with Crippen molar-refractivity contribution in [1.29, 1.82) is 0 Å². The topological polar surface area (TPSA) is 52.4 Å². The van der Waals surface area contributed by atoms with Gasteiger partial charge in [0.05, 0.1) is 0 Å². The van der Waals surface area contributed by atoms with E-state index in [2.05, 4.69) is 38.2 Å². The molecule has 0 saturated carbocycles. The Morgan fingerprint density at radius 2 is 1.50 bits per heavy atom. The second-order valence-corrected chi connectivity index (χ2v) is 9.83. The molecule has 2 aromatic carbocycles. The molecule has 0 bridgehead atoms. The first-order valence-electron chi connectivity index (χ1n) is 12.8. The number of alkyl halides is 3. The number of rotatable bonds is 17. The maximum absolute atomic E-state index is 12.4. The second kappa shape index (κ2) is 16.6. The van der Waals surface area contributed by atoms with Crippen LogP contribution in [-0.2, 0) is 13.1 Å². The summed E-state index contributed by atoms with van der Waals surface area (Å²) in [7, 11) is 0. The van der Waals surface area contributed by atoms with Gasteiger partial charge < -0.3 is 10.1 Å². The molecule has 0 aromatic heterocycles. The first kappa shape index (κ1) is 30.2. The molecule has 0 aliphatic rings. The van der Waals surface area contributed by atoms with Crippen LogP contribution in [0.15, 0.2) is 46.9 Å². The van der Waals surface area contributed by atoms with Gasteiger partial charge in [0, 0.05) is 29.7 Å². The normalized spacial score (nSPS) is 11.5. The fourth-order valence-corrected chi connectivity index (χ4v) is 4.34. The van der Waals surface area contributed by atoms with Crippen LogP contribution in [0.25, 0.3) is 0 Å². The number of hydrogen-bond acceptors (Lipinski definition) is 2. The van der Waals surface area contributed by atoms with Gasteiger partial charge in [-0.2, -0.15) is 0 Å². The van der Waals surface area contributed by atoms with Crippen molar-refractivity contribution in [3.05, 3.63) is 63.6 Å². The van der Waals surface area contributed by atoms with Crippen LogP contribution in [0.2, 0.25) is 0 Å². The van der Waals surface area contributed by atoms with E-state index in [9.17, 15) is 18.0 Å². The smallest absolute Gasteiger partial charge is 0.406 e. The lowest BCUT2D eigenvalue weighted by Crippen LogP contribution is -2.24. The molecule has 2 aromatic rings. The van der Waals surface area contributed by atoms with Crippen LogP contribution >= 0.6 is 15.9 Å². The Kier molecular flexibility index (Phi) is 13.9. The standard InChI is InChI=1S/C28H37BrF3N2O2/c1-2-3-4-5-6-7-8-9-10-11-18-34-27(35)23-14-15-24(26(29)19-23)21-33-20-22-12-16-25(17-13-22)36-28(30,31)32/h12-17,19H,2-11,18,20-21H2,1H3,(H,34,35). The van der Waals surface area contributed by atoms with Crippen LogP contribution in [0, 0.1) is 0 Å². The monoisotopic (exact) mass is 569 g/mol. The van der Waals surface area contributed by atoms with Gasteiger partial charge in [-0.05, 0) is 41.8 Å². The van der Waals surface area contributed by atoms with E-state index < -0.39 is 6.36 Å². The van der Waals surface area contributed by atoms with Gasteiger partial charge in [0.1, 0.15) is 5.75 Å². The fourth-order valence-electron chi connectivity index (χ4n) is 3.84. The summed E-state index contributed by atoms with van der Waals surface area (Å²) < 4.78 is 41.4. The van der Waals surface area contributed by atoms with Gasteiger partial charge in [0.15, 0.2) is 0 Å². The predicted octanol–water partition coefficient (Wildman–Crippen LogP) is 8.30. The number of ether oxygens (including phenoxy) is 1. The van der Waals surface area contributed by atoms with Crippen molar-refractivity contribution in [2.45, 2.75) is 90.6 Å². The zero-order chi connectivity index (χ0) is 26.2. The summed E-state index contributed by atoms with van der Waals surface area (Å²) in [4.78, 5) is 12.4. The van der Waals surface area contributed by atoms with Crippen molar-refractivity contribution in [2.75, 3.05) is 6.54 Å². The average Bonchev–Trinajstić information content (AvgIpc) is 2.83. The van der Waals surface area contributed by atoms with Crippen LogP contribution < -0.4 is 15.4 Å². The molecule has 0 atom stereocenters. The van der Waals surface area contributed by atoms with Crippen molar-refractivity contribution in [1.82, 2.24) is 10.6 Å². The largest absolute Gasteiger partial charge is 0.573 e. The van der Waals surface area contributed by atoms with Crippen LogP contribution in [0.3, 0.4) is 0 Å². The van der Waals surface area contributed by atoms with E-state index in [1.54, 1.807) is 24.3 Å². The number of amides is 1. The summed E-state index contributed by atoms with van der Waals surface area (Å²) in [5.41, 5.74) is 2.31. The average molecular weight is 571 g/mol. The molecule has 0 unspecified atom stereocenters. The molecule has 4 nitrogen and oxygen atoms in total. The minimum Gasteiger partial charge on any atom is -0.406 e. The summed E-state index contributed by atoms with van der Waals surface area (Å²) >= 11 is 3.51. The number of carbonyl (C=O) groups excluding carboxylic acids is 1. The Labute approximate surface area is 221 Å². The van der Waals surface area contributed by atoms with Gasteiger partial charge in [-0.25, -0.2) is 5.32 Å². The lowest BCUT2D eigenvalue weighted by molar-refractivity contribution is -0.274. The third-order valence-electron chi connectivity index (χ3n) is 5.86. The Morgan fingerprint density at radius 1 is 0.889 bits per heavy atom. The number of hydrogen-bond donors (Lipinski definition) is 1. The molecule has 0 fully saturated rings. The summed E-state index contributed by atoms with van der Waals surface area (Å²) in [5, 5.41) is 7.46. The lowest BCUT2D eigenvalue weighted by atomic mass is 10.1. The van der Waals surface area contributed by atoms with Crippen LogP contribution in [0.1, 0.15) is 92.6 Å². The minimum absolute atomic E-state index is 0.0868. The number of nitrogens with zero attached hydrogens (tertiary/aromatic N) is 1. The lowest BCUT2D eigenvalue weighted by Gasteiger charge is -2.10. The van der Waals surface area contributed by atoms with Crippen LogP contribution in [0.5, 0.6) is 5.75 Å². The van der Waals surface area contributed by atoms with E-state index in [-0.39, 0.29) is 11.7 Å². The summed E-state index contributed by atoms with van der Waals surface area (Å²) in [6.07, 6.45) is 7.91. The van der Waals surface area contributed by atoms with Crippen molar-refractivity contribution < 1.29 is 22.7 Å². The van der Waals surface area contributed by atoms with Gasteiger partial charge in [-0.1, -0.05) is 98.8 Å². The highest BCUT2D eigenvalue weighted by molar-refractivity contribution is 9.10. The van der Waals surface area contributed by atoms with E-state index in [4.69, 9.17) is 0 Å². The fraction of sp³-hybridized carbons (Fsp3) is 0.536. The molecule has 36 heavy (non-hydrogen) atoms. The molecule has 0 saturated heterocycles. The molecule has 0 spiro atoms. The van der Waals surface area contributed by atoms with Gasteiger partial charge in [0.2, 0.25) is 0 Å². The molecule has 0 aliphatic heterocycles. The molecular weight excluding hydrogens is 533 g/mol. The van der Waals surface area contributed by atoms with Crippen LogP contribution in [-0.4, -0.2) is 18.8 Å². The quantitative estimate of drug-likeness (QED) is 0.195. The van der Waals surface area contributed by atoms with E-state index in [0.717, 1.165) is 28.4 Å². The second-order valence-electron chi connectivity index (χ2n) is 8.98. The Morgan fingerprint density at radius 3 is 2.08 bits per heavy atom. The zero-order valence-electron chi connectivity index (χ0n) is 21.0. The molecule has 0 heterocycles. The van der Waals surface area contributed by atoms with E-state index in [0.29, 0.717) is 25.2 Å².